The normalized spacial score (nSPS) is 19.0. The third kappa shape index (κ3) is 3.08. The van der Waals surface area contributed by atoms with Gasteiger partial charge in [-0.1, -0.05) is 66.7 Å². The van der Waals surface area contributed by atoms with Gasteiger partial charge in [0.15, 0.2) is 0 Å². The number of hydrogen-bond acceptors (Lipinski definition) is 3. The predicted octanol–water partition coefficient (Wildman–Crippen LogP) is 4.00. The summed E-state index contributed by atoms with van der Waals surface area (Å²) in [6.45, 7) is 0.295. The SMILES string of the molecule is O=C1C[C@@](Cc2ccccc2)(c2ccc3[nH]ncc3c2)C(=O)N1Cc1ccccc1. The lowest BCUT2D eigenvalue weighted by molar-refractivity contribution is -0.140. The smallest absolute Gasteiger partial charge is 0.241 e. The van der Waals surface area contributed by atoms with E-state index in [0.29, 0.717) is 13.0 Å². The van der Waals surface area contributed by atoms with E-state index < -0.39 is 5.41 Å². The average molecular weight is 395 g/mol. The molecule has 3 aromatic carbocycles. The van der Waals surface area contributed by atoms with Gasteiger partial charge in [-0.3, -0.25) is 19.6 Å². The summed E-state index contributed by atoms with van der Waals surface area (Å²) < 4.78 is 0. The number of nitrogens with one attached hydrogen (secondary N) is 1. The first-order chi connectivity index (χ1) is 14.7. The highest BCUT2D eigenvalue weighted by atomic mass is 16.2. The maximum Gasteiger partial charge on any atom is 0.241 e. The number of fused-ring (bicyclic) bond motifs is 1. The third-order valence-corrected chi connectivity index (χ3v) is 5.93. The van der Waals surface area contributed by atoms with E-state index in [-0.39, 0.29) is 18.2 Å². The van der Waals surface area contributed by atoms with Crippen molar-refractivity contribution in [2.45, 2.75) is 24.8 Å². The molecule has 2 amide bonds. The Bertz CT molecular complexity index is 1220. The Kier molecular flexibility index (Phi) is 4.43. The molecule has 0 aliphatic carbocycles. The van der Waals surface area contributed by atoms with Crippen LogP contribution in [0.4, 0.5) is 0 Å². The Morgan fingerprint density at radius 2 is 1.60 bits per heavy atom. The van der Waals surface area contributed by atoms with Gasteiger partial charge >= 0.3 is 0 Å². The molecule has 1 atom stereocenters. The van der Waals surface area contributed by atoms with Crippen LogP contribution in [0.3, 0.4) is 0 Å². The minimum Gasteiger partial charge on any atom is -0.278 e. The summed E-state index contributed by atoms with van der Waals surface area (Å²) in [5.41, 5.74) is 2.83. The zero-order valence-corrected chi connectivity index (χ0v) is 16.4. The molecule has 1 fully saturated rings. The molecule has 0 spiro atoms. The summed E-state index contributed by atoms with van der Waals surface area (Å²) >= 11 is 0. The zero-order valence-electron chi connectivity index (χ0n) is 16.4. The fourth-order valence-corrected chi connectivity index (χ4v) is 4.38. The highest BCUT2D eigenvalue weighted by molar-refractivity contribution is 6.09. The topological polar surface area (TPSA) is 66.1 Å². The molecule has 1 aromatic heterocycles. The number of aromatic amines is 1. The van der Waals surface area contributed by atoms with Gasteiger partial charge in [-0.25, -0.2) is 0 Å². The molecular formula is C25H21N3O2. The van der Waals surface area contributed by atoms with Gasteiger partial charge < -0.3 is 0 Å². The number of carbonyl (C=O) groups excluding carboxylic acids is 2. The number of hydrogen-bond donors (Lipinski definition) is 1. The molecule has 0 radical (unpaired) electrons. The Balaban J connectivity index is 1.59. The fourth-order valence-electron chi connectivity index (χ4n) is 4.38. The minimum atomic E-state index is -0.918. The number of aromatic nitrogens is 2. The van der Waals surface area contributed by atoms with E-state index >= 15 is 0 Å². The zero-order chi connectivity index (χ0) is 20.6. The molecule has 0 bridgehead atoms. The van der Waals surface area contributed by atoms with Crippen molar-refractivity contribution in [1.29, 1.82) is 0 Å². The lowest BCUT2D eigenvalue weighted by atomic mass is 9.74. The number of amides is 2. The van der Waals surface area contributed by atoms with Gasteiger partial charge in [0.25, 0.3) is 0 Å². The molecule has 1 N–H and O–H groups in total. The van der Waals surface area contributed by atoms with E-state index in [9.17, 15) is 9.59 Å². The molecule has 148 valence electrons. The molecule has 1 aliphatic heterocycles. The van der Waals surface area contributed by atoms with Gasteiger partial charge in [-0.15, -0.1) is 0 Å². The van der Waals surface area contributed by atoms with Gasteiger partial charge in [0.1, 0.15) is 0 Å². The lowest BCUT2D eigenvalue weighted by Gasteiger charge is -2.28. The van der Waals surface area contributed by atoms with Gasteiger partial charge in [-0.05, 0) is 35.2 Å². The maximum atomic E-state index is 13.8. The van der Waals surface area contributed by atoms with E-state index in [1.807, 2.05) is 78.9 Å². The summed E-state index contributed by atoms with van der Waals surface area (Å²) in [6.07, 6.45) is 2.39. The fraction of sp³-hybridized carbons (Fsp3) is 0.160. The van der Waals surface area contributed by atoms with Crippen LogP contribution in [0.1, 0.15) is 23.1 Å². The summed E-state index contributed by atoms with van der Waals surface area (Å²) in [7, 11) is 0. The van der Waals surface area contributed by atoms with E-state index in [1.54, 1.807) is 6.20 Å². The van der Waals surface area contributed by atoms with Crippen LogP contribution in [-0.4, -0.2) is 26.9 Å². The summed E-state index contributed by atoms with van der Waals surface area (Å²) in [5, 5.41) is 7.97. The highest BCUT2D eigenvalue weighted by Gasteiger charge is 2.52. The monoisotopic (exact) mass is 395 g/mol. The maximum absolute atomic E-state index is 13.8. The van der Waals surface area contributed by atoms with Crippen molar-refractivity contribution < 1.29 is 9.59 Å². The standard InChI is InChI=1S/C25H21N3O2/c29-23-15-25(14-18-7-3-1-4-8-18,21-11-12-22-20(13-21)16-26-27-22)24(30)28(23)17-19-9-5-2-6-10-19/h1-13,16H,14-15,17H2,(H,26,27)/t25-/m0/s1. The number of imide groups is 1. The summed E-state index contributed by atoms with van der Waals surface area (Å²) in [6, 6.07) is 25.4. The van der Waals surface area contributed by atoms with Crippen molar-refractivity contribution in [2.75, 3.05) is 0 Å². The number of benzene rings is 3. The first-order valence-corrected chi connectivity index (χ1v) is 10.0. The minimum absolute atomic E-state index is 0.132. The Labute approximate surface area is 174 Å². The molecule has 0 saturated carbocycles. The molecule has 30 heavy (non-hydrogen) atoms. The van der Waals surface area contributed by atoms with Gasteiger partial charge in [0.05, 0.1) is 23.7 Å². The van der Waals surface area contributed by atoms with Crippen molar-refractivity contribution in [1.82, 2.24) is 15.1 Å². The van der Waals surface area contributed by atoms with Crippen molar-refractivity contribution in [3.8, 4) is 0 Å². The van der Waals surface area contributed by atoms with Crippen LogP contribution >= 0.6 is 0 Å². The Morgan fingerprint density at radius 1 is 0.900 bits per heavy atom. The van der Waals surface area contributed by atoms with Crippen LogP contribution < -0.4 is 0 Å². The van der Waals surface area contributed by atoms with Crippen molar-refractivity contribution >= 4 is 22.7 Å². The summed E-state index contributed by atoms with van der Waals surface area (Å²) in [4.78, 5) is 28.3. The number of nitrogens with zero attached hydrogens (tertiary/aromatic N) is 2. The van der Waals surface area contributed by atoms with Crippen LogP contribution in [-0.2, 0) is 28.0 Å². The van der Waals surface area contributed by atoms with Crippen LogP contribution in [0.15, 0.2) is 85.1 Å². The second-order valence-electron chi connectivity index (χ2n) is 7.86. The molecule has 5 rings (SSSR count). The van der Waals surface area contributed by atoms with Crippen LogP contribution in [0.25, 0.3) is 10.9 Å². The third-order valence-electron chi connectivity index (χ3n) is 5.93. The van der Waals surface area contributed by atoms with E-state index in [1.165, 1.54) is 4.90 Å². The highest BCUT2D eigenvalue weighted by Crippen LogP contribution is 2.41. The van der Waals surface area contributed by atoms with E-state index in [0.717, 1.165) is 27.6 Å². The van der Waals surface area contributed by atoms with Gasteiger partial charge in [0, 0.05) is 11.8 Å². The molecule has 1 aliphatic rings. The average Bonchev–Trinajstić information content (AvgIpc) is 3.34. The number of carbonyl (C=O) groups is 2. The van der Waals surface area contributed by atoms with Crippen LogP contribution in [0.5, 0.6) is 0 Å². The van der Waals surface area contributed by atoms with E-state index in [4.69, 9.17) is 0 Å². The van der Waals surface area contributed by atoms with Gasteiger partial charge in [0.2, 0.25) is 11.8 Å². The van der Waals surface area contributed by atoms with Crippen LogP contribution in [0.2, 0.25) is 0 Å². The predicted molar refractivity (Wildman–Crippen MR) is 115 cm³/mol. The molecule has 4 aromatic rings. The number of likely N-dealkylation sites (tertiary alicyclic amines) is 1. The summed E-state index contributed by atoms with van der Waals surface area (Å²) in [5.74, 6) is -0.268. The lowest BCUT2D eigenvalue weighted by Crippen LogP contribution is -2.39. The molecule has 0 unspecified atom stereocenters. The van der Waals surface area contributed by atoms with Crippen molar-refractivity contribution in [3.05, 3.63) is 102 Å². The molecule has 5 nitrogen and oxygen atoms in total. The first kappa shape index (κ1) is 18.3. The Hall–Kier alpha value is -3.73. The van der Waals surface area contributed by atoms with Crippen molar-refractivity contribution in [2.24, 2.45) is 0 Å². The second kappa shape index (κ2) is 7.26. The Morgan fingerprint density at radius 3 is 2.33 bits per heavy atom. The second-order valence-corrected chi connectivity index (χ2v) is 7.86. The molecule has 2 heterocycles. The van der Waals surface area contributed by atoms with Crippen molar-refractivity contribution in [3.63, 3.8) is 0 Å². The van der Waals surface area contributed by atoms with Gasteiger partial charge in [-0.2, -0.15) is 5.10 Å². The first-order valence-electron chi connectivity index (χ1n) is 10.0. The number of H-pyrrole nitrogens is 1. The van der Waals surface area contributed by atoms with Crippen LogP contribution in [0, 0.1) is 0 Å². The number of rotatable bonds is 5. The largest absolute Gasteiger partial charge is 0.278 e. The van der Waals surface area contributed by atoms with E-state index in [2.05, 4.69) is 10.2 Å². The molecular weight excluding hydrogens is 374 g/mol. The molecule has 5 heteroatoms. The molecule has 1 saturated heterocycles. The quantitative estimate of drug-likeness (QED) is 0.520.